The standard InChI is InChI=1S/C18H32O3/c1-2-3-11-14-17(19)15-12-9-7-5-4-6-8-10-13-16-18(20)21/h8,10,13,16-17,19H,2-7,9,11-12,14-15H2,1H3,(H,20,21)/b10-8+,16-13+/t17-/m0/s1. The number of carboxylic acid groups (broad SMARTS) is 1. The SMILES string of the molecule is CCCCC[C@H](O)CCCCCCC/C=C/C=C/C(=O)O. The van der Waals surface area contributed by atoms with E-state index < -0.39 is 5.97 Å². The summed E-state index contributed by atoms with van der Waals surface area (Å²) in [7, 11) is 0. The Morgan fingerprint density at radius 1 is 0.952 bits per heavy atom. The van der Waals surface area contributed by atoms with Crippen LogP contribution < -0.4 is 0 Å². The van der Waals surface area contributed by atoms with Crippen molar-refractivity contribution in [3.8, 4) is 0 Å². The molecular weight excluding hydrogens is 264 g/mol. The predicted molar refractivity (Wildman–Crippen MR) is 88.4 cm³/mol. The molecule has 0 amide bonds. The minimum Gasteiger partial charge on any atom is -0.478 e. The number of hydrogen-bond acceptors (Lipinski definition) is 2. The maximum Gasteiger partial charge on any atom is 0.328 e. The summed E-state index contributed by atoms with van der Waals surface area (Å²) in [5.74, 6) is -0.906. The van der Waals surface area contributed by atoms with Gasteiger partial charge in [-0.15, -0.1) is 0 Å². The maximum absolute atomic E-state index is 10.2. The van der Waals surface area contributed by atoms with Crippen molar-refractivity contribution >= 4 is 5.97 Å². The summed E-state index contributed by atoms with van der Waals surface area (Å²) in [5.41, 5.74) is 0. The summed E-state index contributed by atoms with van der Waals surface area (Å²) >= 11 is 0. The fourth-order valence-corrected chi connectivity index (χ4v) is 2.26. The fraction of sp³-hybridized carbons (Fsp3) is 0.722. The fourth-order valence-electron chi connectivity index (χ4n) is 2.26. The zero-order valence-electron chi connectivity index (χ0n) is 13.5. The number of aliphatic hydroxyl groups is 1. The van der Waals surface area contributed by atoms with Gasteiger partial charge in [0.2, 0.25) is 0 Å². The van der Waals surface area contributed by atoms with Crippen LogP contribution in [0.1, 0.15) is 77.6 Å². The molecule has 0 rings (SSSR count). The minimum atomic E-state index is -0.906. The van der Waals surface area contributed by atoms with E-state index in [0.717, 1.165) is 44.6 Å². The van der Waals surface area contributed by atoms with Crippen LogP contribution in [0.5, 0.6) is 0 Å². The number of aliphatic hydroxyl groups excluding tert-OH is 1. The second-order valence-corrected chi connectivity index (χ2v) is 5.62. The monoisotopic (exact) mass is 296 g/mol. The van der Waals surface area contributed by atoms with E-state index in [1.54, 1.807) is 12.2 Å². The van der Waals surface area contributed by atoms with Gasteiger partial charge in [-0.1, -0.05) is 70.1 Å². The van der Waals surface area contributed by atoms with E-state index in [0.29, 0.717) is 0 Å². The predicted octanol–water partition coefficient (Wildman–Crippen LogP) is 4.86. The molecule has 0 aliphatic heterocycles. The summed E-state index contributed by atoms with van der Waals surface area (Å²) in [6.07, 6.45) is 18.8. The molecule has 0 heterocycles. The van der Waals surface area contributed by atoms with E-state index in [9.17, 15) is 9.90 Å². The zero-order chi connectivity index (χ0) is 15.8. The Hall–Kier alpha value is -1.09. The van der Waals surface area contributed by atoms with Crippen LogP contribution in [0, 0.1) is 0 Å². The van der Waals surface area contributed by atoms with Gasteiger partial charge < -0.3 is 10.2 Å². The van der Waals surface area contributed by atoms with Crippen molar-refractivity contribution in [2.45, 2.75) is 83.7 Å². The van der Waals surface area contributed by atoms with Gasteiger partial charge in [-0.2, -0.15) is 0 Å². The summed E-state index contributed by atoms with van der Waals surface area (Å²) in [4.78, 5) is 10.2. The number of allylic oxidation sites excluding steroid dienone is 3. The Bertz CT molecular complexity index is 295. The zero-order valence-corrected chi connectivity index (χ0v) is 13.5. The summed E-state index contributed by atoms with van der Waals surface area (Å²) in [6.45, 7) is 2.18. The molecule has 2 N–H and O–H groups in total. The summed E-state index contributed by atoms with van der Waals surface area (Å²) in [5, 5.41) is 18.2. The van der Waals surface area contributed by atoms with Gasteiger partial charge in [0.15, 0.2) is 0 Å². The Morgan fingerprint density at radius 3 is 2.24 bits per heavy atom. The van der Waals surface area contributed by atoms with Crippen LogP contribution in [-0.2, 0) is 4.79 Å². The highest BCUT2D eigenvalue weighted by Gasteiger charge is 2.02. The third-order valence-electron chi connectivity index (χ3n) is 3.54. The smallest absolute Gasteiger partial charge is 0.328 e. The Kier molecular flexibility index (Phi) is 14.5. The molecule has 0 radical (unpaired) electrons. The number of carbonyl (C=O) groups is 1. The van der Waals surface area contributed by atoms with Crippen LogP contribution in [0.2, 0.25) is 0 Å². The van der Waals surface area contributed by atoms with E-state index in [2.05, 4.69) is 6.92 Å². The summed E-state index contributed by atoms with van der Waals surface area (Å²) < 4.78 is 0. The normalized spacial score (nSPS) is 13.2. The topological polar surface area (TPSA) is 57.5 Å². The lowest BCUT2D eigenvalue weighted by atomic mass is 10.0. The molecule has 0 aliphatic rings. The van der Waals surface area contributed by atoms with Crippen molar-refractivity contribution < 1.29 is 15.0 Å². The first-order valence-corrected chi connectivity index (χ1v) is 8.41. The lowest BCUT2D eigenvalue weighted by Gasteiger charge is -2.09. The van der Waals surface area contributed by atoms with E-state index in [1.807, 2.05) is 6.08 Å². The van der Waals surface area contributed by atoms with Crippen LogP contribution in [0.15, 0.2) is 24.3 Å². The molecule has 0 spiro atoms. The first-order chi connectivity index (χ1) is 10.2. The average molecular weight is 296 g/mol. The lowest BCUT2D eigenvalue weighted by molar-refractivity contribution is -0.131. The number of aliphatic carboxylic acids is 1. The van der Waals surface area contributed by atoms with Gasteiger partial charge in [0, 0.05) is 6.08 Å². The molecule has 0 unspecified atom stereocenters. The van der Waals surface area contributed by atoms with E-state index in [1.165, 1.54) is 32.1 Å². The van der Waals surface area contributed by atoms with Crippen LogP contribution in [0.3, 0.4) is 0 Å². The molecule has 3 heteroatoms. The summed E-state index contributed by atoms with van der Waals surface area (Å²) in [6, 6.07) is 0. The quantitative estimate of drug-likeness (QED) is 0.273. The highest BCUT2D eigenvalue weighted by molar-refractivity contribution is 5.80. The van der Waals surface area contributed by atoms with Crippen molar-refractivity contribution in [2.24, 2.45) is 0 Å². The van der Waals surface area contributed by atoms with Gasteiger partial charge in [-0.25, -0.2) is 4.79 Å². The van der Waals surface area contributed by atoms with Gasteiger partial charge in [0.05, 0.1) is 6.10 Å². The molecule has 0 aromatic carbocycles. The third kappa shape index (κ3) is 16.9. The number of hydrogen-bond donors (Lipinski definition) is 2. The molecule has 0 aliphatic carbocycles. The Morgan fingerprint density at radius 2 is 1.57 bits per heavy atom. The van der Waals surface area contributed by atoms with Crippen molar-refractivity contribution in [2.75, 3.05) is 0 Å². The maximum atomic E-state index is 10.2. The van der Waals surface area contributed by atoms with Crippen LogP contribution in [0.25, 0.3) is 0 Å². The van der Waals surface area contributed by atoms with E-state index in [4.69, 9.17) is 5.11 Å². The lowest BCUT2D eigenvalue weighted by Crippen LogP contribution is -2.05. The van der Waals surface area contributed by atoms with Crippen molar-refractivity contribution in [1.82, 2.24) is 0 Å². The largest absolute Gasteiger partial charge is 0.478 e. The molecule has 3 nitrogen and oxygen atoms in total. The molecule has 0 saturated carbocycles. The molecule has 0 bridgehead atoms. The molecule has 0 fully saturated rings. The number of rotatable bonds is 14. The molecule has 122 valence electrons. The van der Waals surface area contributed by atoms with Gasteiger partial charge >= 0.3 is 5.97 Å². The third-order valence-corrected chi connectivity index (χ3v) is 3.54. The van der Waals surface area contributed by atoms with E-state index >= 15 is 0 Å². The van der Waals surface area contributed by atoms with Gasteiger partial charge in [-0.3, -0.25) is 0 Å². The van der Waals surface area contributed by atoms with Crippen molar-refractivity contribution in [3.05, 3.63) is 24.3 Å². The number of carboxylic acids is 1. The second-order valence-electron chi connectivity index (χ2n) is 5.62. The van der Waals surface area contributed by atoms with Gasteiger partial charge in [-0.05, 0) is 25.7 Å². The van der Waals surface area contributed by atoms with Crippen molar-refractivity contribution in [1.29, 1.82) is 0 Å². The highest BCUT2D eigenvalue weighted by Crippen LogP contribution is 2.12. The first-order valence-electron chi connectivity index (χ1n) is 8.41. The van der Waals surface area contributed by atoms with E-state index in [-0.39, 0.29) is 6.10 Å². The molecular formula is C18H32O3. The van der Waals surface area contributed by atoms with Gasteiger partial charge in [0.25, 0.3) is 0 Å². The number of unbranched alkanes of at least 4 members (excludes halogenated alkanes) is 7. The van der Waals surface area contributed by atoms with Gasteiger partial charge in [0.1, 0.15) is 0 Å². The minimum absolute atomic E-state index is 0.0968. The molecule has 0 saturated heterocycles. The molecule has 0 aromatic heterocycles. The Labute approximate surface area is 129 Å². The van der Waals surface area contributed by atoms with Crippen LogP contribution in [0.4, 0.5) is 0 Å². The molecule has 1 atom stereocenters. The average Bonchev–Trinajstić information content (AvgIpc) is 2.44. The first kappa shape index (κ1) is 19.9. The highest BCUT2D eigenvalue weighted by atomic mass is 16.4. The molecule has 21 heavy (non-hydrogen) atoms. The van der Waals surface area contributed by atoms with Crippen LogP contribution in [-0.4, -0.2) is 22.3 Å². The van der Waals surface area contributed by atoms with Crippen LogP contribution >= 0.6 is 0 Å². The van der Waals surface area contributed by atoms with Crippen molar-refractivity contribution in [3.63, 3.8) is 0 Å². The molecule has 0 aromatic rings. The Balaban J connectivity index is 3.27. The second kappa shape index (κ2) is 15.3.